The summed E-state index contributed by atoms with van der Waals surface area (Å²) < 4.78 is 21.7. The van der Waals surface area contributed by atoms with E-state index >= 15 is 0 Å². The third kappa shape index (κ3) is 3.59. The average molecular weight is 286 g/mol. The highest BCUT2D eigenvalue weighted by Gasteiger charge is 1.97. The molecule has 0 aromatic carbocycles. The van der Waals surface area contributed by atoms with Crippen LogP contribution in [0.2, 0.25) is 0 Å². The third-order valence-electron chi connectivity index (χ3n) is 0.869. The molecule has 1 aromatic heterocycles. The molecule has 1 heterocycles. The molecule has 0 fully saturated rings. The van der Waals surface area contributed by atoms with Crippen LogP contribution in [0, 0.1) is 11.2 Å². The molecule has 12 heavy (non-hydrogen) atoms. The Labute approximate surface area is 87.1 Å². The Hall–Kier alpha value is -0.0200. The Bertz CT molecular complexity index is 438. The van der Waals surface area contributed by atoms with E-state index in [1.807, 2.05) is 5.25 Å². The van der Waals surface area contributed by atoms with Gasteiger partial charge in [-0.3, -0.25) is 0 Å². The molecule has 0 bridgehead atoms. The molecule has 0 saturated heterocycles. The van der Waals surface area contributed by atoms with Gasteiger partial charge < -0.3 is 0 Å². The summed E-state index contributed by atoms with van der Waals surface area (Å²) >= 11 is 4.57. The molecule has 6 heteroatoms. The van der Waals surface area contributed by atoms with Gasteiger partial charge in [-0.2, -0.15) is 8.42 Å². The summed E-state index contributed by atoms with van der Waals surface area (Å²) in [4.78, 5) is 0.658. The molecule has 0 saturated carbocycles. The largest absolute Gasteiger partial charge is 0.301 e. The quantitative estimate of drug-likeness (QED) is 0.542. The van der Waals surface area contributed by atoms with Crippen molar-refractivity contribution in [2.75, 3.05) is 0 Å². The van der Waals surface area contributed by atoms with Crippen LogP contribution < -0.4 is 0 Å². The smallest absolute Gasteiger partial charge is 0.198 e. The fourth-order valence-corrected chi connectivity index (χ4v) is 2.14. The number of hydrogen-bond donors (Lipinski definition) is 0. The lowest BCUT2D eigenvalue weighted by atomic mass is 10.5. The first-order chi connectivity index (χ1) is 5.47. The minimum atomic E-state index is -3.71. The summed E-state index contributed by atoms with van der Waals surface area (Å²) in [6, 6.07) is 3.50. The second-order valence-corrected chi connectivity index (χ2v) is 6.53. The topological polar surface area (TPSA) is 34.1 Å². The highest BCUT2D eigenvalue weighted by Crippen LogP contribution is 2.20. The van der Waals surface area contributed by atoms with Crippen molar-refractivity contribution < 1.29 is 8.42 Å². The SMILES string of the molecule is O=S(=O)(Cl)C#Cc1ccc(Br)s1. The molecule has 0 atom stereocenters. The summed E-state index contributed by atoms with van der Waals surface area (Å²) in [7, 11) is 1.17. The highest BCUT2D eigenvalue weighted by atomic mass is 79.9. The molecule has 1 aromatic rings. The van der Waals surface area contributed by atoms with Gasteiger partial charge in [0.05, 0.1) is 13.9 Å². The van der Waals surface area contributed by atoms with E-state index in [9.17, 15) is 8.42 Å². The Kier molecular flexibility index (Phi) is 3.18. The van der Waals surface area contributed by atoms with Crippen molar-refractivity contribution in [1.29, 1.82) is 0 Å². The predicted octanol–water partition coefficient (Wildman–Crippen LogP) is 2.39. The molecule has 0 radical (unpaired) electrons. The van der Waals surface area contributed by atoms with Crippen LogP contribution in [0.4, 0.5) is 0 Å². The average Bonchev–Trinajstić information content (AvgIpc) is 2.30. The number of halogens is 2. The maximum absolute atomic E-state index is 10.4. The van der Waals surface area contributed by atoms with Crippen molar-refractivity contribution in [2.45, 2.75) is 0 Å². The maximum atomic E-state index is 10.4. The molecular formula is C6H2BrClO2S2. The van der Waals surface area contributed by atoms with Gasteiger partial charge in [-0.1, -0.05) is 0 Å². The van der Waals surface area contributed by atoms with Crippen molar-refractivity contribution in [3.05, 3.63) is 20.8 Å². The van der Waals surface area contributed by atoms with Crippen LogP contribution in [-0.4, -0.2) is 8.42 Å². The van der Waals surface area contributed by atoms with Crippen LogP contribution >= 0.6 is 37.9 Å². The first-order valence-corrected chi connectivity index (χ1v) is 6.62. The molecule has 2 nitrogen and oxygen atoms in total. The van der Waals surface area contributed by atoms with E-state index in [0.29, 0.717) is 4.88 Å². The lowest BCUT2D eigenvalue weighted by molar-refractivity contribution is 0.618. The Morgan fingerprint density at radius 1 is 1.50 bits per heavy atom. The Balaban J connectivity index is 2.95. The van der Waals surface area contributed by atoms with Crippen LogP contribution in [-0.2, 0) is 9.05 Å². The molecule has 0 amide bonds. The normalized spacial score (nSPS) is 10.5. The van der Waals surface area contributed by atoms with Crippen molar-refractivity contribution in [1.82, 2.24) is 0 Å². The second-order valence-electron chi connectivity index (χ2n) is 1.77. The van der Waals surface area contributed by atoms with Crippen LogP contribution in [0.3, 0.4) is 0 Å². The first-order valence-electron chi connectivity index (χ1n) is 2.70. The van der Waals surface area contributed by atoms with E-state index in [1.54, 1.807) is 12.1 Å². The van der Waals surface area contributed by atoms with E-state index in [-0.39, 0.29) is 0 Å². The van der Waals surface area contributed by atoms with Gasteiger partial charge in [0.25, 0.3) is 0 Å². The number of thiophene rings is 1. The van der Waals surface area contributed by atoms with Crippen LogP contribution in [0.1, 0.15) is 4.88 Å². The van der Waals surface area contributed by atoms with Gasteiger partial charge >= 0.3 is 9.05 Å². The monoisotopic (exact) mass is 284 g/mol. The third-order valence-corrected chi connectivity index (χ3v) is 2.99. The minimum absolute atomic E-state index is 0.658. The van der Waals surface area contributed by atoms with E-state index < -0.39 is 9.05 Å². The highest BCUT2D eigenvalue weighted by molar-refractivity contribution is 9.11. The van der Waals surface area contributed by atoms with Gasteiger partial charge in [0.2, 0.25) is 0 Å². The summed E-state index contributed by atoms with van der Waals surface area (Å²) in [5.74, 6) is 2.42. The first kappa shape index (κ1) is 10.1. The number of rotatable bonds is 0. The molecular weight excluding hydrogens is 284 g/mol. The summed E-state index contributed by atoms with van der Waals surface area (Å²) in [5, 5.41) is 1.93. The molecule has 0 aliphatic carbocycles. The molecule has 0 spiro atoms. The zero-order valence-corrected chi connectivity index (χ0v) is 9.52. The fraction of sp³-hybridized carbons (Fsp3) is 0. The summed E-state index contributed by atoms with van der Waals surface area (Å²) in [6.07, 6.45) is 0. The Morgan fingerprint density at radius 3 is 2.58 bits per heavy atom. The van der Waals surface area contributed by atoms with Crippen LogP contribution in [0.15, 0.2) is 15.9 Å². The predicted molar refractivity (Wildman–Crippen MR) is 53.7 cm³/mol. The Morgan fingerprint density at radius 2 is 2.17 bits per heavy atom. The van der Waals surface area contributed by atoms with E-state index in [1.165, 1.54) is 11.3 Å². The standard InChI is InChI=1S/C6H2BrClO2S2/c7-6-2-1-5(11-6)3-4-12(8,9)10/h1-2H. The fourth-order valence-electron chi connectivity index (χ4n) is 0.493. The van der Waals surface area contributed by atoms with E-state index in [2.05, 4.69) is 21.9 Å². The molecule has 1 rings (SSSR count). The van der Waals surface area contributed by atoms with Crippen molar-refractivity contribution in [3.63, 3.8) is 0 Å². The number of hydrogen-bond acceptors (Lipinski definition) is 3. The van der Waals surface area contributed by atoms with Crippen molar-refractivity contribution in [3.8, 4) is 11.2 Å². The zero-order chi connectivity index (χ0) is 9.19. The van der Waals surface area contributed by atoms with E-state index in [0.717, 1.165) is 3.79 Å². The molecule has 0 N–H and O–H groups in total. The summed E-state index contributed by atoms with van der Waals surface area (Å²) in [6.45, 7) is 0. The lowest BCUT2D eigenvalue weighted by Gasteiger charge is -1.75. The van der Waals surface area contributed by atoms with Crippen LogP contribution in [0.25, 0.3) is 0 Å². The zero-order valence-electron chi connectivity index (χ0n) is 5.54. The molecule has 0 aliphatic rings. The van der Waals surface area contributed by atoms with Gasteiger partial charge in [-0.25, -0.2) is 0 Å². The van der Waals surface area contributed by atoms with Gasteiger partial charge in [0.1, 0.15) is 0 Å². The van der Waals surface area contributed by atoms with Crippen molar-refractivity contribution >= 4 is 47.0 Å². The van der Waals surface area contributed by atoms with Gasteiger partial charge in [-0.05, 0) is 34.0 Å². The summed E-state index contributed by atoms with van der Waals surface area (Å²) in [5.41, 5.74) is 0. The minimum Gasteiger partial charge on any atom is -0.198 e. The maximum Gasteiger partial charge on any atom is 0.301 e. The lowest BCUT2D eigenvalue weighted by Crippen LogP contribution is -1.79. The second kappa shape index (κ2) is 3.79. The molecule has 0 aliphatic heterocycles. The van der Waals surface area contributed by atoms with E-state index in [4.69, 9.17) is 10.7 Å². The van der Waals surface area contributed by atoms with Gasteiger partial charge in [0.15, 0.2) is 0 Å². The van der Waals surface area contributed by atoms with Crippen LogP contribution in [0.5, 0.6) is 0 Å². The van der Waals surface area contributed by atoms with Crippen molar-refractivity contribution in [2.24, 2.45) is 0 Å². The molecule has 0 unspecified atom stereocenters. The molecule has 64 valence electrons. The van der Waals surface area contributed by atoms with Gasteiger partial charge in [-0.15, -0.1) is 11.3 Å². The van der Waals surface area contributed by atoms with Gasteiger partial charge in [0, 0.05) is 10.7 Å².